The summed E-state index contributed by atoms with van der Waals surface area (Å²) in [5, 5.41) is 27.0. The minimum absolute atomic E-state index is 0.128. The van der Waals surface area contributed by atoms with Gasteiger partial charge in [0.25, 0.3) is 0 Å². The van der Waals surface area contributed by atoms with Crippen LogP contribution in [0.4, 0.5) is 0 Å². The molecule has 0 unspecified atom stereocenters. The van der Waals surface area contributed by atoms with Crippen molar-refractivity contribution in [2.24, 2.45) is 0 Å². The molecule has 0 bridgehead atoms. The minimum atomic E-state index is -0.566. The van der Waals surface area contributed by atoms with Crippen LogP contribution in [0.3, 0.4) is 0 Å². The van der Waals surface area contributed by atoms with Gasteiger partial charge in [-0.15, -0.1) is 0 Å². The molecule has 0 saturated heterocycles. The third kappa shape index (κ3) is 5.05. The Bertz CT molecular complexity index is 369. The zero-order valence-corrected chi connectivity index (χ0v) is 10.1. The summed E-state index contributed by atoms with van der Waals surface area (Å²) in [6.07, 6.45) is 3.28. The van der Waals surface area contributed by atoms with Gasteiger partial charge in [-0.2, -0.15) is 0 Å². The van der Waals surface area contributed by atoms with E-state index in [4.69, 9.17) is 9.84 Å². The van der Waals surface area contributed by atoms with Gasteiger partial charge in [-0.1, -0.05) is 6.42 Å². The fraction of sp³-hybridized carbons (Fsp3) is 0.462. The molecule has 1 aromatic carbocycles. The molecule has 0 spiro atoms. The fourth-order valence-corrected chi connectivity index (χ4v) is 1.53. The van der Waals surface area contributed by atoms with Gasteiger partial charge in [0.05, 0.1) is 12.2 Å². The Morgan fingerprint density at radius 1 is 1.00 bits per heavy atom. The normalized spacial score (nSPS) is 10.3. The van der Waals surface area contributed by atoms with Crippen molar-refractivity contribution in [3.05, 3.63) is 23.8 Å². The summed E-state index contributed by atoms with van der Waals surface area (Å²) >= 11 is 0. The lowest BCUT2D eigenvalue weighted by Gasteiger charge is -2.05. The lowest BCUT2D eigenvalue weighted by atomic mass is 10.2. The second-order valence-electron chi connectivity index (χ2n) is 4.01. The predicted molar refractivity (Wildman–Crippen MR) is 65.6 cm³/mol. The van der Waals surface area contributed by atoms with E-state index in [-0.39, 0.29) is 23.7 Å². The molecule has 0 aromatic heterocycles. The monoisotopic (exact) mass is 254 g/mol. The SMILES string of the molecule is O=C(OCCCCCCO)c1cc(O)cc(O)c1. The molecule has 0 radical (unpaired) electrons. The molecule has 1 rings (SSSR count). The molecule has 0 fully saturated rings. The first-order valence-electron chi connectivity index (χ1n) is 5.94. The van der Waals surface area contributed by atoms with Crippen LogP contribution in [0.15, 0.2) is 18.2 Å². The Morgan fingerprint density at radius 3 is 2.22 bits per heavy atom. The number of hydrogen-bond acceptors (Lipinski definition) is 5. The second-order valence-corrected chi connectivity index (χ2v) is 4.01. The Kier molecular flexibility index (Phi) is 6.00. The number of carbonyl (C=O) groups excluding carboxylic acids is 1. The van der Waals surface area contributed by atoms with Crippen LogP contribution in [0.1, 0.15) is 36.0 Å². The zero-order valence-electron chi connectivity index (χ0n) is 10.1. The summed E-state index contributed by atoms with van der Waals surface area (Å²) in [5.74, 6) is -0.918. The molecular weight excluding hydrogens is 236 g/mol. The van der Waals surface area contributed by atoms with E-state index in [2.05, 4.69) is 0 Å². The topological polar surface area (TPSA) is 87.0 Å². The van der Waals surface area contributed by atoms with Crippen LogP contribution < -0.4 is 0 Å². The van der Waals surface area contributed by atoms with Crippen LogP contribution in [0.2, 0.25) is 0 Å². The molecule has 0 aliphatic carbocycles. The highest BCUT2D eigenvalue weighted by Gasteiger charge is 2.09. The maximum atomic E-state index is 11.6. The summed E-state index contributed by atoms with van der Waals surface area (Å²) < 4.78 is 4.99. The van der Waals surface area contributed by atoms with E-state index in [1.807, 2.05) is 0 Å². The maximum Gasteiger partial charge on any atom is 0.338 e. The average molecular weight is 254 g/mol. The molecule has 0 saturated carbocycles. The van der Waals surface area contributed by atoms with E-state index in [1.165, 1.54) is 12.1 Å². The summed E-state index contributed by atoms with van der Waals surface area (Å²) in [6.45, 7) is 0.475. The second kappa shape index (κ2) is 7.55. The summed E-state index contributed by atoms with van der Waals surface area (Å²) in [7, 11) is 0. The molecule has 0 aliphatic rings. The van der Waals surface area contributed by atoms with Crippen LogP contribution in [-0.4, -0.2) is 34.5 Å². The highest BCUT2D eigenvalue weighted by molar-refractivity contribution is 5.90. The number of aliphatic hydroxyl groups excluding tert-OH is 1. The predicted octanol–water partition coefficient (Wildman–Crippen LogP) is 1.81. The number of carbonyl (C=O) groups is 1. The van der Waals surface area contributed by atoms with Crippen molar-refractivity contribution in [2.45, 2.75) is 25.7 Å². The Hall–Kier alpha value is -1.75. The number of phenols is 2. The van der Waals surface area contributed by atoms with Gasteiger partial charge in [0, 0.05) is 12.7 Å². The molecule has 3 N–H and O–H groups in total. The van der Waals surface area contributed by atoms with Crippen LogP contribution in [0.5, 0.6) is 11.5 Å². The van der Waals surface area contributed by atoms with Gasteiger partial charge >= 0.3 is 5.97 Å². The van der Waals surface area contributed by atoms with E-state index >= 15 is 0 Å². The Balaban J connectivity index is 2.32. The smallest absolute Gasteiger partial charge is 0.338 e. The van der Waals surface area contributed by atoms with Crippen molar-refractivity contribution in [1.29, 1.82) is 0 Å². The molecule has 5 nitrogen and oxygen atoms in total. The van der Waals surface area contributed by atoms with E-state index in [0.717, 1.165) is 31.7 Å². The van der Waals surface area contributed by atoms with Gasteiger partial charge in [-0.3, -0.25) is 0 Å². The number of aromatic hydroxyl groups is 2. The number of ether oxygens (including phenoxy) is 1. The summed E-state index contributed by atoms with van der Waals surface area (Å²) in [4.78, 5) is 11.6. The standard InChI is InChI=1S/C13H18O5/c14-5-3-1-2-4-6-18-13(17)10-7-11(15)9-12(16)8-10/h7-9,14-16H,1-6H2. The van der Waals surface area contributed by atoms with Crippen LogP contribution in [-0.2, 0) is 4.74 Å². The van der Waals surface area contributed by atoms with E-state index < -0.39 is 5.97 Å². The summed E-state index contributed by atoms with van der Waals surface area (Å²) in [6, 6.07) is 3.63. The largest absolute Gasteiger partial charge is 0.508 e. The summed E-state index contributed by atoms with van der Waals surface area (Å²) in [5.41, 5.74) is 0.128. The van der Waals surface area contributed by atoms with Crippen molar-refractivity contribution in [3.8, 4) is 11.5 Å². The van der Waals surface area contributed by atoms with Crippen molar-refractivity contribution >= 4 is 5.97 Å². The minimum Gasteiger partial charge on any atom is -0.508 e. The van der Waals surface area contributed by atoms with Gasteiger partial charge in [-0.05, 0) is 31.4 Å². The number of phenolic OH excluding ortho intramolecular Hbond substituents is 2. The molecule has 5 heteroatoms. The number of esters is 1. The zero-order chi connectivity index (χ0) is 13.4. The number of unbranched alkanes of at least 4 members (excludes halogenated alkanes) is 3. The average Bonchev–Trinajstić information content (AvgIpc) is 2.32. The first-order chi connectivity index (χ1) is 8.63. The maximum absolute atomic E-state index is 11.6. The molecule has 0 atom stereocenters. The van der Waals surface area contributed by atoms with E-state index in [1.54, 1.807) is 0 Å². The molecule has 0 amide bonds. The third-order valence-corrected chi connectivity index (χ3v) is 2.42. The molecule has 18 heavy (non-hydrogen) atoms. The van der Waals surface area contributed by atoms with E-state index in [9.17, 15) is 15.0 Å². The van der Waals surface area contributed by atoms with Crippen LogP contribution in [0.25, 0.3) is 0 Å². The lowest BCUT2D eigenvalue weighted by molar-refractivity contribution is 0.0496. The Labute approximate surface area is 106 Å². The highest BCUT2D eigenvalue weighted by atomic mass is 16.5. The first-order valence-corrected chi connectivity index (χ1v) is 5.94. The Morgan fingerprint density at radius 2 is 1.61 bits per heavy atom. The van der Waals surface area contributed by atoms with E-state index in [0.29, 0.717) is 6.61 Å². The number of hydrogen-bond donors (Lipinski definition) is 3. The molecular formula is C13H18O5. The molecule has 1 aromatic rings. The highest BCUT2D eigenvalue weighted by Crippen LogP contribution is 2.20. The molecule has 0 aliphatic heterocycles. The number of aliphatic hydroxyl groups is 1. The molecule has 100 valence electrons. The van der Waals surface area contributed by atoms with Crippen molar-refractivity contribution in [1.82, 2.24) is 0 Å². The van der Waals surface area contributed by atoms with Gasteiger partial charge in [0.15, 0.2) is 0 Å². The number of rotatable bonds is 7. The van der Waals surface area contributed by atoms with Gasteiger partial charge in [0.2, 0.25) is 0 Å². The first kappa shape index (κ1) is 14.3. The molecule has 0 heterocycles. The van der Waals surface area contributed by atoms with Crippen molar-refractivity contribution in [2.75, 3.05) is 13.2 Å². The van der Waals surface area contributed by atoms with Gasteiger partial charge in [-0.25, -0.2) is 4.79 Å². The fourth-order valence-electron chi connectivity index (χ4n) is 1.53. The lowest BCUT2D eigenvalue weighted by Crippen LogP contribution is -2.06. The van der Waals surface area contributed by atoms with Gasteiger partial charge in [0.1, 0.15) is 11.5 Å². The van der Waals surface area contributed by atoms with Gasteiger partial charge < -0.3 is 20.1 Å². The number of benzene rings is 1. The third-order valence-electron chi connectivity index (χ3n) is 2.42. The van der Waals surface area contributed by atoms with Crippen molar-refractivity contribution < 1.29 is 24.9 Å². The quantitative estimate of drug-likeness (QED) is 0.510. The van der Waals surface area contributed by atoms with Crippen LogP contribution in [0, 0.1) is 0 Å². The van der Waals surface area contributed by atoms with Crippen LogP contribution >= 0.6 is 0 Å². The van der Waals surface area contributed by atoms with Crippen molar-refractivity contribution in [3.63, 3.8) is 0 Å².